The van der Waals surface area contributed by atoms with Gasteiger partial charge in [-0.1, -0.05) is 12.7 Å². The lowest BCUT2D eigenvalue weighted by Crippen LogP contribution is -2.11. The van der Waals surface area contributed by atoms with E-state index in [9.17, 15) is 4.79 Å². The van der Waals surface area contributed by atoms with E-state index in [2.05, 4.69) is 28.3 Å². The smallest absolute Gasteiger partial charge is 0.259 e. The number of aromatic amines is 1. The maximum atomic E-state index is 12.6. The van der Waals surface area contributed by atoms with Crippen molar-refractivity contribution < 1.29 is 14.2 Å². The standard InChI is InChI=1S/C21H21N3O4/c1-5-13-12-14(6-8-16(13)22-2)20-23-18-15(21(25)24-20)7-9-17(19(18)27-4)28-11-10-26-3/h5-9,12H,1-2,10-11H2,3-4H3,(H,23,24,25). The van der Waals surface area contributed by atoms with Gasteiger partial charge in [0.05, 0.1) is 24.8 Å². The number of aromatic nitrogens is 2. The summed E-state index contributed by atoms with van der Waals surface area (Å²) in [6, 6.07) is 8.80. The highest BCUT2D eigenvalue weighted by atomic mass is 16.5. The van der Waals surface area contributed by atoms with Gasteiger partial charge < -0.3 is 19.2 Å². The summed E-state index contributed by atoms with van der Waals surface area (Å²) in [6.45, 7) is 8.13. The molecule has 1 aromatic heterocycles. The molecule has 0 aliphatic carbocycles. The molecule has 1 heterocycles. The van der Waals surface area contributed by atoms with Crippen LogP contribution in [0.15, 0.2) is 46.7 Å². The summed E-state index contributed by atoms with van der Waals surface area (Å²) in [5.41, 5.74) is 2.36. The molecular weight excluding hydrogens is 358 g/mol. The van der Waals surface area contributed by atoms with Gasteiger partial charge in [-0.15, -0.1) is 0 Å². The predicted molar refractivity (Wildman–Crippen MR) is 111 cm³/mol. The van der Waals surface area contributed by atoms with Crippen molar-refractivity contribution in [1.82, 2.24) is 9.97 Å². The minimum atomic E-state index is -0.271. The van der Waals surface area contributed by atoms with E-state index in [1.807, 2.05) is 12.1 Å². The van der Waals surface area contributed by atoms with Crippen LogP contribution < -0.4 is 15.0 Å². The minimum absolute atomic E-state index is 0.271. The Balaban J connectivity index is 2.16. The van der Waals surface area contributed by atoms with Gasteiger partial charge in [-0.05, 0) is 37.0 Å². The molecule has 0 aliphatic heterocycles. The van der Waals surface area contributed by atoms with Crippen LogP contribution in [0.4, 0.5) is 5.69 Å². The second-order valence-electron chi connectivity index (χ2n) is 5.88. The van der Waals surface area contributed by atoms with E-state index < -0.39 is 0 Å². The lowest BCUT2D eigenvalue weighted by Gasteiger charge is -2.13. The molecule has 3 aromatic rings. The largest absolute Gasteiger partial charge is 0.491 e. The molecule has 0 aliphatic rings. The van der Waals surface area contributed by atoms with Crippen LogP contribution >= 0.6 is 0 Å². The van der Waals surface area contributed by atoms with Crippen LogP contribution in [-0.4, -0.2) is 44.1 Å². The van der Waals surface area contributed by atoms with E-state index in [4.69, 9.17) is 14.2 Å². The number of hydrogen-bond acceptors (Lipinski definition) is 6. The minimum Gasteiger partial charge on any atom is -0.491 e. The number of hydrogen-bond donors (Lipinski definition) is 1. The number of aliphatic imine (C=N–C) groups is 1. The molecule has 0 fully saturated rings. The molecule has 7 nitrogen and oxygen atoms in total. The number of methoxy groups -OCH3 is 2. The molecule has 0 spiro atoms. The Morgan fingerprint density at radius 1 is 1.21 bits per heavy atom. The maximum Gasteiger partial charge on any atom is 0.259 e. The van der Waals surface area contributed by atoms with E-state index in [1.54, 1.807) is 31.4 Å². The van der Waals surface area contributed by atoms with E-state index in [-0.39, 0.29) is 5.56 Å². The summed E-state index contributed by atoms with van der Waals surface area (Å²) in [5, 5.41) is 0.410. The van der Waals surface area contributed by atoms with Crippen LogP contribution in [0.2, 0.25) is 0 Å². The number of nitrogens with one attached hydrogen (secondary N) is 1. The molecule has 144 valence electrons. The molecule has 0 saturated heterocycles. The third kappa shape index (κ3) is 3.65. The number of H-pyrrole nitrogens is 1. The number of benzene rings is 2. The van der Waals surface area contributed by atoms with Gasteiger partial charge in [-0.3, -0.25) is 9.79 Å². The molecule has 0 amide bonds. The first-order chi connectivity index (χ1) is 13.6. The fraction of sp³-hybridized carbons (Fsp3) is 0.190. The van der Waals surface area contributed by atoms with Crippen LogP contribution in [0.1, 0.15) is 5.56 Å². The van der Waals surface area contributed by atoms with Gasteiger partial charge in [0, 0.05) is 18.2 Å². The van der Waals surface area contributed by atoms with Gasteiger partial charge in [0.2, 0.25) is 0 Å². The van der Waals surface area contributed by atoms with Gasteiger partial charge in [0.15, 0.2) is 11.5 Å². The highest BCUT2D eigenvalue weighted by molar-refractivity contribution is 5.88. The fourth-order valence-electron chi connectivity index (χ4n) is 2.85. The molecule has 0 radical (unpaired) electrons. The first-order valence-corrected chi connectivity index (χ1v) is 8.59. The van der Waals surface area contributed by atoms with Crippen molar-refractivity contribution in [2.24, 2.45) is 4.99 Å². The second-order valence-corrected chi connectivity index (χ2v) is 5.88. The quantitative estimate of drug-likeness (QED) is 0.477. The Morgan fingerprint density at radius 2 is 2.04 bits per heavy atom. The van der Waals surface area contributed by atoms with Crippen molar-refractivity contribution >= 4 is 29.4 Å². The Bertz CT molecular complexity index is 1090. The topological polar surface area (TPSA) is 85.8 Å². The Morgan fingerprint density at radius 3 is 2.71 bits per heavy atom. The highest BCUT2D eigenvalue weighted by Crippen LogP contribution is 2.34. The SMILES string of the molecule is C=Cc1cc(-c2nc3c(OC)c(OCCOC)ccc3c(=O)[nH]2)ccc1N=C. The fourth-order valence-corrected chi connectivity index (χ4v) is 2.85. The van der Waals surface area contributed by atoms with Crippen molar-refractivity contribution in [2.75, 3.05) is 27.4 Å². The zero-order chi connectivity index (χ0) is 20.1. The number of rotatable bonds is 8. The zero-order valence-corrected chi connectivity index (χ0v) is 15.8. The van der Waals surface area contributed by atoms with Crippen molar-refractivity contribution in [1.29, 1.82) is 0 Å². The summed E-state index contributed by atoms with van der Waals surface area (Å²) in [5.74, 6) is 1.30. The van der Waals surface area contributed by atoms with Crippen LogP contribution in [-0.2, 0) is 4.74 Å². The van der Waals surface area contributed by atoms with Gasteiger partial charge in [-0.2, -0.15) is 0 Å². The maximum absolute atomic E-state index is 12.6. The third-order valence-electron chi connectivity index (χ3n) is 4.24. The van der Waals surface area contributed by atoms with Crippen LogP contribution in [0.3, 0.4) is 0 Å². The van der Waals surface area contributed by atoms with Crippen molar-refractivity contribution in [3.05, 3.63) is 52.8 Å². The first kappa shape index (κ1) is 19.3. The van der Waals surface area contributed by atoms with E-state index >= 15 is 0 Å². The highest BCUT2D eigenvalue weighted by Gasteiger charge is 2.15. The van der Waals surface area contributed by atoms with Gasteiger partial charge in [-0.25, -0.2) is 4.98 Å². The third-order valence-corrected chi connectivity index (χ3v) is 4.24. The summed E-state index contributed by atoms with van der Waals surface area (Å²) < 4.78 is 16.2. The molecule has 0 unspecified atom stereocenters. The molecule has 3 rings (SSSR count). The van der Waals surface area contributed by atoms with E-state index in [1.165, 1.54) is 7.11 Å². The first-order valence-electron chi connectivity index (χ1n) is 8.59. The lowest BCUT2D eigenvalue weighted by atomic mass is 10.1. The molecule has 28 heavy (non-hydrogen) atoms. The van der Waals surface area contributed by atoms with Crippen molar-refractivity contribution in [3.63, 3.8) is 0 Å². The molecule has 0 atom stereocenters. The monoisotopic (exact) mass is 379 g/mol. The number of fused-ring (bicyclic) bond motifs is 1. The van der Waals surface area contributed by atoms with Crippen LogP contribution in [0, 0.1) is 0 Å². The van der Waals surface area contributed by atoms with Gasteiger partial charge in [0.25, 0.3) is 5.56 Å². The zero-order valence-electron chi connectivity index (χ0n) is 15.8. The Labute approximate surface area is 162 Å². The summed E-state index contributed by atoms with van der Waals surface area (Å²) in [7, 11) is 3.11. The lowest BCUT2D eigenvalue weighted by molar-refractivity contribution is 0.144. The molecule has 7 heteroatoms. The average Bonchev–Trinajstić information content (AvgIpc) is 2.72. The molecule has 0 bridgehead atoms. The van der Waals surface area contributed by atoms with Crippen LogP contribution in [0.5, 0.6) is 11.5 Å². The number of ether oxygens (including phenoxy) is 3. The van der Waals surface area contributed by atoms with E-state index in [0.717, 1.165) is 5.56 Å². The molecule has 0 saturated carbocycles. The van der Waals surface area contributed by atoms with Gasteiger partial charge >= 0.3 is 0 Å². The summed E-state index contributed by atoms with van der Waals surface area (Å²) >= 11 is 0. The van der Waals surface area contributed by atoms with Gasteiger partial charge in [0.1, 0.15) is 17.9 Å². The molecule has 1 N–H and O–H groups in total. The molecule has 2 aromatic carbocycles. The van der Waals surface area contributed by atoms with Crippen molar-refractivity contribution in [3.8, 4) is 22.9 Å². The van der Waals surface area contributed by atoms with Crippen molar-refractivity contribution in [2.45, 2.75) is 0 Å². The molecular formula is C21H21N3O4. The Kier molecular flexibility index (Phi) is 5.86. The number of nitrogens with zero attached hydrogens (tertiary/aromatic N) is 2. The summed E-state index contributed by atoms with van der Waals surface area (Å²) in [4.78, 5) is 24.0. The average molecular weight is 379 g/mol. The predicted octanol–water partition coefficient (Wildman–Crippen LogP) is 3.60. The normalized spacial score (nSPS) is 10.6. The van der Waals surface area contributed by atoms with E-state index in [0.29, 0.717) is 52.7 Å². The van der Waals surface area contributed by atoms with Crippen LogP contribution in [0.25, 0.3) is 28.4 Å². The summed E-state index contributed by atoms with van der Waals surface area (Å²) in [6.07, 6.45) is 1.68. The second kappa shape index (κ2) is 8.49. The Hall–Kier alpha value is -3.45.